The quantitative estimate of drug-likeness (QED) is 0.668. The highest BCUT2D eigenvalue weighted by Crippen LogP contribution is 2.23. The summed E-state index contributed by atoms with van der Waals surface area (Å²) in [6.45, 7) is 3.08. The predicted molar refractivity (Wildman–Crippen MR) is 101 cm³/mol. The summed E-state index contributed by atoms with van der Waals surface area (Å²) >= 11 is 1.39. The lowest BCUT2D eigenvalue weighted by molar-refractivity contribution is 0.0946. The van der Waals surface area contributed by atoms with Gasteiger partial charge in [0.25, 0.3) is 5.91 Å². The number of rotatable bonds is 7. The molecule has 0 saturated heterocycles. The molecule has 2 N–H and O–H groups in total. The van der Waals surface area contributed by atoms with Crippen LogP contribution in [0.3, 0.4) is 0 Å². The number of ether oxygens (including phenoxy) is 1. The van der Waals surface area contributed by atoms with Crippen LogP contribution in [0.1, 0.15) is 23.0 Å². The molecule has 0 unspecified atom stereocenters. The Morgan fingerprint density at radius 3 is 2.60 bits per heavy atom. The Morgan fingerprint density at radius 2 is 1.88 bits per heavy atom. The van der Waals surface area contributed by atoms with E-state index in [1.807, 2.05) is 61.5 Å². The summed E-state index contributed by atoms with van der Waals surface area (Å²) in [6.07, 6.45) is 0. The van der Waals surface area contributed by atoms with Gasteiger partial charge in [-0.25, -0.2) is 4.98 Å². The molecule has 0 saturated carbocycles. The number of nitrogens with one attached hydrogen (secondary N) is 2. The molecule has 1 aromatic heterocycles. The molecule has 3 aromatic rings. The molecule has 0 atom stereocenters. The first-order valence-electron chi connectivity index (χ1n) is 8.02. The van der Waals surface area contributed by atoms with E-state index in [9.17, 15) is 4.79 Å². The van der Waals surface area contributed by atoms with Crippen LogP contribution < -0.4 is 15.4 Å². The van der Waals surface area contributed by atoms with Gasteiger partial charge in [-0.1, -0.05) is 30.3 Å². The second-order valence-electron chi connectivity index (χ2n) is 5.29. The van der Waals surface area contributed by atoms with Crippen molar-refractivity contribution < 1.29 is 9.53 Å². The average molecular weight is 353 g/mol. The normalized spacial score (nSPS) is 10.3. The van der Waals surface area contributed by atoms with Crippen LogP contribution in [0.15, 0.2) is 60.0 Å². The fourth-order valence-electron chi connectivity index (χ4n) is 2.23. The summed E-state index contributed by atoms with van der Waals surface area (Å²) in [6, 6.07) is 17.4. The highest BCUT2D eigenvalue weighted by Gasteiger charge is 2.10. The van der Waals surface area contributed by atoms with E-state index in [-0.39, 0.29) is 5.91 Å². The number of thiazole rings is 1. The molecular formula is C19H19N3O2S. The molecule has 0 aliphatic carbocycles. The van der Waals surface area contributed by atoms with Gasteiger partial charge < -0.3 is 15.4 Å². The third-order valence-electron chi connectivity index (χ3n) is 3.45. The van der Waals surface area contributed by atoms with Crippen LogP contribution in [0.2, 0.25) is 0 Å². The van der Waals surface area contributed by atoms with Gasteiger partial charge in [-0.15, -0.1) is 11.3 Å². The molecule has 2 aromatic carbocycles. The molecule has 5 nitrogen and oxygen atoms in total. The number of carbonyl (C=O) groups excluding carboxylic acids is 1. The average Bonchev–Trinajstić information content (AvgIpc) is 3.11. The van der Waals surface area contributed by atoms with E-state index in [0.29, 0.717) is 24.0 Å². The molecule has 25 heavy (non-hydrogen) atoms. The highest BCUT2D eigenvalue weighted by atomic mass is 32.1. The second kappa shape index (κ2) is 8.30. The van der Waals surface area contributed by atoms with Gasteiger partial charge in [-0.05, 0) is 36.8 Å². The third kappa shape index (κ3) is 4.81. The van der Waals surface area contributed by atoms with Crippen molar-refractivity contribution in [3.63, 3.8) is 0 Å². The van der Waals surface area contributed by atoms with Crippen LogP contribution in [0, 0.1) is 0 Å². The SMILES string of the molecule is CCOc1ccc(Nc2nc(C(=O)NCc3ccccc3)cs2)cc1. The van der Waals surface area contributed by atoms with E-state index in [4.69, 9.17) is 4.74 Å². The van der Waals surface area contributed by atoms with E-state index in [2.05, 4.69) is 15.6 Å². The smallest absolute Gasteiger partial charge is 0.271 e. The zero-order valence-electron chi connectivity index (χ0n) is 13.9. The molecular weight excluding hydrogens is 334 g/mol. The Hall–Kier alpha value is -2.86. The van der Waals surface area contributed by atoms with Crippen molar-refractivity contribution in [1.82, 2.24) is 10.3 Å². The van der Waals surface area contributed by atoms with Gasteiger partial charge in [-0.3, -0.25) is 4.79 Å². The number of carbonyl (C=O) groups is 1. The number of amides is 1. The standard InChI is InChI=1S/C19H19N3O2S/c1-2-24-16-10-8-15(9-11-16)21-19-22-17(13-25-19)18(23)20-12-14-6-4-3-5-7-14/h3-11,13H,2,12H2,1H3,(H,20,23)(H,21,22). The van der Waals surface area contributed by atoms with Gasteiger partial charge in [0.1, 0.15) is 11.4 Å². The number of aromatic nitrogens is 1. The summed E-state index contributed by atoms with van der Waals surface area (Å²) in [5, 5.41) is 8.49. The van der Waals surface area contributed by atoms with E-state index in [1.165, 1.54) is 11.3 Å². The molecule has 0 radical (unpaired) electrons. The summed E-state index contributed by atoms with van der Waals surface area (Å²) < 4.78 is 5.42. The Kier molecular flexibility index (Phi) is 5.64. The minimum Gasteiger partial charge on any atom is -0.494 e. The van der Waals surface area contributed by atoms with E-state index < -0.39 is 0 Å². The van der Waals surface area contributed by atoms with Crippen molar-refractivity contribution >= 4 is 28.1 Å². The fraction of sp³-hybridized carbons (Fsp3) is 0.158. The number of benzene rings is 2. The minimum absolute atomic E-state index is 0.181. The van der Waals surface area contributed by atoms with Gasteiger partial charge >= 0.3 is 0 Å². The Morgan fingerprint density at radius 1 is 1.12 bits per heavy atom. The molecule has 1 heterocycles. The molecule has 1 amide bonds. The molecule has 0 fully saturated rings. The van der Waals surface area contributed by atoms with Crippen molar-refractivity contribution in [2.75, 3.05) is 11.9 Å². The maximum atomic E-state index is 12.2. The van der Waals surface area contributed by atoms with Crippen LogP contribution in [-0.2, 0) is 6.54 Å². The molecule has 3 rings (SSSR count). The number of hydrogen-bond acceptors (Lipinski definition) is 5. The van der Waals surface area contributed by atoms with Gasteiger partial charge in [-0.2, -0.15) is 0 Å². The Balaban J connectivity index is 1.57. The Labute approximate surface area is 150 Å². The second-order valence-corrected chi connectivity index (χ2v) is 6.15. The van der Waals surface area contributed by atoms with E-state index in [1.54, 1.807) is 5.38 Å². The predicted octanol–water partition coefficient (Wildman–Crippen LogP) is 4.22. The monoisotopic (exact) mass is 353 g/mol. The molecule has 0 aliphatic heterocycles. The lowest BCUT2D eigenvalue weighted by Crippen LogP contribution is -2.23. The van der Waals surface area contributed by atoms with Gasteiger partial charge in [0.05, 0.1) is 6.61 Å². The summed E-state index contributed by atoms with van der Waals surface area (Å²) in [5.74, 6) is 0.646. The van der Waals surface area contributed by atoms with Gasteiger partial charge in [0, 0.05) is 17.6 Å². The Bertz CT molecular complexity index is 816. The topological polar surface area (TPSA) is 63.2 Å². The highest BCUT2D eigenvalue weighted by molar-refractivity contribution is 7.14. The maximum Gasteiger partial charge on any atom is 0.271 e. The van der Waals surface area contributed by atoms with Crippen molar-refractivity contribution in [3.8, 4) is 5.75 Å². The summed E-state index contributed by atoms with van der Waals surface area (Å²) in [5.41, 5.74) is 2.36. The van der Waals surface area contributed by atoms with Crippen molar-refractivity contribution in [2.24, 2.45) is 0 Å². The molecule has 128 valence electrons. The van der Waals surface area contributed by atoms with Crippen molar-refractivity contribution in [2.45, 2.75) is 13.5 Å². The van der Waals surface area contributed by atoms with Crippen LogP contribution >= 0.6 is 11.3 Å². The van der Waals surface area contributed by atoms with Gasteiger partial charge in [0.2, 0.25) is 0 Å². The van der Waals surface area contributed by atoms with Crippen LogP contribution in [0.5, 0.6) is 5.75 Å². The molecule has 0 spiro atoms. The fourth-order valence-corrected chi connectivity index (χ4v) is 2.94. The lowest BCUT2D eigenvalue weighted by atomic mass is 10.2. The van der Waals surface area contributed by atoms with E-state index >= 15 is 0 Å². The summed E-state index contributed by atoms with van der Waals surface area (Å²) in [7, 11) is 0. The molecule has 0 aliphatic rings. The first-order valence-corrected chi connectivity index (χ1v) is 8.90. The minimum atomic E-state index is -0.181. The number of anilines is 2. The van der Waals surface area contributed by atoms with Crippen LogP contribution in [0.25, 0.3) is 0 Å². The first kappa shape index (κ1) is 17.0. The number of hydrogen-bond donors (Lipinski definition) is 2. The first-order chi connectivity index (χ1) is 12.2. The van der Waals surface area contributed by atoms with Gasteiger partial charge in [0.15, 0.2) is 5.13 Å². The zero-order valence-corrected chi connectivity index (χ0v) is 14.7. The van der Waals surface area contributed by atoms with E-state index in [0.717, 1.165) is 17.0 Å². The lowest BCUT2D eigenvalue weighted by Gasteiger charge is -2.05. The zero-order chi connectivity index (χ0) is 17.5. The summed E-state index contributed by atoms with van der Waals surface area (Å²) in [4.78, 5) is 16.5. The van der Waals surface area contributed by atoms with Crippen LogP contribution in [0.4, 0.5) is 10.8 Å². The van der Waals surface area contributed by atoms with Crippen molar-refractivity contribution in [1.29, 1.82) is 0 Å². The largest absolute Gasteiger partial charge is 0.494 e. The maximum absolute atomic E-state index is 12.2. The molecule has 6 heteroatoms. The van der Waals surface area contributed by atoms with Crippen LogP contribution in [-0.4, -0.2) is 17.5 Å². The number of nitrogens with zero attached hydrogens (tertiary/aromatic N) is 1. The van der Waals surface area contributed by atoms with Crippen molar-refractivity contribution in [3.05, 3.63) is 71.2 Å². The third-order valence-corrected chi connectivity index (χ3v) is 4.21. The molecule has 0 bridgehead atoms.